The molecule has 0 aliphatic carbocycles. The fourth-order valence-corrected chi connectivity index (χ4v) is 1.88. The maximum absolute atomic E-state index is 12.4. The summed E-state index contributed by atoms with van der Waals surface area (Å²) in [4.78, 5) is 12.4. The van der Waals surface area contributed by atoms with E-state index in [4.69, 9.17) is 18.6 Å². The average Bonchev–Trinajstić information content (AvgIpc) is 3.04. The summed E-state index contributed by atoms with van der Waals surface area (Å²) in [6.45, 7) is 0. The van der Waals surface area contributed by atoms with E-state index in [2.05, 4.69) is 0 Å². The topological polar surface area (TPSA) is 57.9 Å². The van der Waals surface area contributed by atoms with Gasteiger partial charge >= 0.3 is 0 Å². The first-order valence-corrected chi connectivity index (χ1v) is 6.25. The number of methoxy groups -OCH3 is 3. The maximum Gasteiger partial charge on any atom is 0.193 e. The Hall–Kier alpha value is -2.69. The highest BCUT2D eigenvalue weighted by molar-refractivity contribution is 6.10. The van der Waals surface area contributed by atoms with Gasteiger partial charge in [-0.3, -0.25) is 4.79 Å². The third-order valence-corrected chi connectivity index (χ3v) is 2.90. The van der Waals surface area contributed by atoms with Crippen molar-refractivity contribution in [2.24, 2.45) is 0 Å². The van der Waals surface area contributed by atoms with Crippen LogP contribution in [-0.2, 0) is 0 Å². The molecular weight excluding hydrogens is 272 g/mol. The van der Waals surface area contributed by atoms with E-state index in [1.54, 1.807) is 36.6 Å². The van der Waals surface area contributed by atoms with Crippen LogP contribution in [0.1, 0.15) is 16.1 Å². The van der Waals surface area contributed by atoms with Crippen molar-refractivity contribution in [3.63, 3.8) is 0 Å². The van der Waals surface area contributed by atoms with Gasteiger partial charge in [0, 0.05) is 12.1 Å². The van der Waals surface area contributed by atoms with Crippen LogP contribution in [0.5, 0.6) is 17.2 Å². The first-order valence-electron chi connectivity index (χ1n) is 6.25. The lowest BCUT2D eigenvalue weighted by Gasteiger charge is -2.12. The molecule has 0 unspecified atom stereocenters. The Balaban J connectivity index is 2.39. The van der Waals surface area contributed by atoms with Crippen molar-refractivity contribution in [2.45, 2.75) is 0 Å². The maximum atomic E-state index is 12.4. The zero-order valence-corrected chi connectivity index (χ0v) is 12.1. The fourth-order valence-electron chi connectivity index (χ4n) is 1.88. The molecule has 0 radical (unpaired) electrons. The summed E-state index contributed by atoms with van der Waals surface area (Å²) in [6.07, 6.45) is 4.54. The van der Waals surface area contributed by atoms with E-state index in [-0.39, 0.29) is 5.78 Å². The second kappa shape index (κ2) is 6.65. The molecule has 21 heavy (non-hydrogen) atoms. The Morgan fingerprint density at radius 2 is 1.76 bits per heavy atom. The summed E-state index contributed by atoms with van der Waals surface area (Å²) in [5, 5.41) is 0. The molecule has 0 spiro atoms. The first kappa shape index (κ1) is 14.7. The van der Waals surface area contributed by atoms with Crippen LogP contribution in [0.4, 0.5) is 0 Å². The standard InChI is InChI=1S/C16H16O5/c1-18-12-9-14(19-2)16(15(10-12)20-3)13(17)7-6-11-5-4-8-21-11/h4-10H,1-3H3. The van der Waals surface area contributed by atoms with Crippen molar-refractivity contribution in [1.82, 2.24) is 0 Å². The van der Waals surface area contributed by atoms with Gasteiger partial charge in [0.15, 0.2) is 5.78 Å². The summed E-state index contributed by atoms with van der Waals surface area (Å²) in [7, 11) is 4.51. The number of furan rings is 1. The van der Waals surface area contributed by atoms with E-state index in [0.717, 1.165) is 0 Å². The van der Waals surface area contributed by atoms with E-state index in [1.165, 1.54) is 27.4 Å². The minimum absolute atomic E-state index is 0.247. The third kappa shape index (κ3) is 3.25. The zero-order chi connectivity index (χ0) is 15.2. The molecule has 0 bridgehead atoms. The molecule has 0 fully saturated rings. The molecule has 110 valence electrons. The summed E-state index contributed by atoms with van der Waals surface area (Å²) in [6, 6.07) is 6.78. The molecule has 5 nitrogen and oxygen atoms in total. The molecule has 1 heterocycles. The van der Waals surface area contributed by atoms with Gasteiger partial charge in [-0.05, 0) is 24.3 Å². The zero-order valence-electron chi connectivity index (χ0n) is 12.1. The number of ketones is 1. The van der Waals surface area contributed by atoms with Crippen LogP contribution in [0.2, 0.25) is 0 Å². The fraction of sp³-hybridized carbons (Fsp3) is 0.188. The average molecular weight is 288 g/mol. The first-order chi connectivity index (χ1) is 10.2. The number of allylic oxidation sites excluding steroid dienone is 1. The number of carbonyl (C=O) groups excluding carboxylic acids is 1. The van der Waals surface area contributed by atoms with Crippen LogP contribution in [0.15, 0.2) is 41.0 Å². The number of benzene rings is 1. The predicted molar refractivity (Wildman–Crippen MR) is 78.2 cm³/mol. The van der Waals surface area contributed by atoms with Crippen LogP contribution >= 0.6 is 0 Å². The highest BCUT2D eigenvalue weighted by atomic mass is 16.5. The highest BCUT2D eigenvalue weighted by Gasteiger charge is 2.18. The summed E-state index contributed by atoms with van der Waals surface area (Å²) in [5.74, 6) is 1.67. The molecule has 0 aliphatic rings. The lowest BCUT2D eigenvalue weighted by Crippen LogP contribution is -2.03. The summed E-state index contributed by atoms with van der Waals surface area (Å²) < 4.78 is 20.8. The lowest BCUT2D eigenvalue weighted by atomic mass is 10.1. The molecule has 0 amide bonds. The number of hydrogen-bond donors (Lipinski definition) is 0. The molecule has 1 aromatic heterocycles. The number of ether oxygens (including phenoxy) is 3. The second-order valence-corrected chi connectivity index (χ2v) is 4.12. The van der Waals surface area contributed by atoms with Gasteiger partial charge in [-0.2, -0.15) is 0 Å². The van der Waals surface area contributed by atoms with Crippen LogP contribution in [0.3, 0.4) is 0 Å². The Bertz CT molecular complexity index is 616. The number of carbonyl (C=O) groups is 1. The highest BCUT2D eigenvalue weighted by Crippen LogP contribution is 2.34. The van der Waals surface area contributed by atoms with Crippen LogP contribution in [0, 0.1) is 0 Å². The molecule has 2 rings (SSSR count). The summed E-state index contributed by atoms with van der Waals surface area (Å²) >= 11 is 0. The number of rotatable bonds is 6. The van der Waals surface area contributed by atoms with E-state index in [0.29, 0.717) is 28.6 Å². The Morgan fingerprint density at radius 3 is 2.24 bits per heavy atom. The smallest absolute Gasteiger partial charge is 0.193 e. The van der Waals surface area contributed by atoms with Crippen molar-refractivity contribution >= 4 is 11.9 Å². The van der Waals surface area contributed by atoms with Crippen molar-refractivity contribution < 1.29 is 23.4 Å². The van der Waals surface area contributed by atoms with Crippen molar-refractivity contribution in [1.29, 1.82) is 0 Å². The quantitative estimate of drug-likeness (QED) is 0.603. The van der Waals surface area contributed by atoms with Crippen LogP contribution in [0.25, 0.3) is 6.08 Å². The van der Waals surface area contributed by atoms with Gasteiger partial charge in [-0.1, -0.05) is 0 Å². The normalized spacial score (nSPS) is 10.6. The van der Waals surface area contributed by atoms with E-state index < -0.39 is 0 Å². The molecule has 5 heteroatoms. The van der Waals surface area contributed by atoms with E-state index in [1.807, 2.05) is 0 Å². The predicted octanol–water partition coefficient (Wildman–Crippen LogP) is 3.20. The van der Waals surface area contributed by atoms with Crippen molar-refractivity contribution in [2.75, 3.05) is 21.3 Å². The Labute approximate surface area is 122 Å². The lowest BCUT2D eigenvalue weighted by molar-refractivity contribution is 0.104. The van der Waals surface area contributed by atoms with Crippen molar-refractivity contribution in [3.05, 3.63) is 47.9 Å². The Kier molecular flexibility index (Phi) is 4.66. The molecule has 0 atom stereocenters. The second-order valence-electron chi connectivity index (χ2n) is 4.12. The molecule has 1 aromatic carbocycles. The third-order valence-electron chi connectivity index (χ3n) is 2.90. The van der Waals surface area contributed by atoms with Gasteiger partial charge in [-0.25, -0.2) is 0 Å². The minimum atomic E-state index is -0.247. The van der Waals surface area contributed by atoms with Gasteiger partial charge in [-0.15, -0.1) is 0 Å². The molecule has 2 aromatic rings. The van der Waals surface area contributed by atoms with E-state index in [9.17, 15) is 4.79 Å². The largest absolute Gasteiger partial charge is 0.496 e. The monoisotopic (exact) mass is 288 g/mol. The molecule has 0 saturated heterocycles. The van der Waals surface area contributed by atoms with Gasteiger partial charge in [0.2, 0.25) is 0 Å². The SMILES string of the molecule is COc1cc(OC)c(C(=O)C=Cc2ccco2)c(OC)c1. The molecule has 0 saturated carbocycles. The van der Waals surface area contributed by atoms with Gasteiger partial charge in [0.05, 0.1) is 27.6 Å². The van der Waals surface area contributed by atoms with Crippen LogP contribution in [-0.4, -0.2) is 27.1 Å². The Morgan fingerprint density at radius 1 is 1.10 bits per heavy atom. The van der Waals surface area contributed by atoms with Gasteiger partial charge < -0.3 is 18.6 Å². The minimum Gasteiger partial charge on any atom is -0.496 e. The molecular formula is C16H16O5. The van der Waals surface area contributed by atoms with E-state index >= 15 is 0 Å². The van der Waals surface area contributed by atoms with Gasteiger partial charge in [0.25, 0.3) is 0 Å². The summed E-state index contributed by atoms with van der Waals surface area (Å²) in [5.41, 5.74) is 0.337. The van der Waals surface area contributed by atoms with Crippen molar-refractivity contribution in [3.8, 4) is 17.2 Å². The van der Waals surface area contributed by atoms with Gasteiger partial charge in [0.1, 0.15) is 28.6 Å². The van der Waals surface area contributed by atoms with Crippen LogP contribution < -0.4 is 14.2 Å². The molecule has 0 aliphatic heterocycles. The number of hydrogen-bond acceptors (Lipinski definition) is 5. The molecule has 0 N–H and O–H groups in total.